The molecule has 1 aromatic carbocycles. The average Bonchev–Trinajstić information content (AvgIpc) is 2.65. The van der Waals surface area contributed by atoms with Crippen molar-refractivity contribution < 1.29 is 18.5 Å². The standard InChI is InChI=1S/C13H13F3N2/c1-18-5-4-12-10(7-18)9-6-8(13(14,15)16)2-3-11(9)17-12/h2-3,6,17H,4-5,7H2,1H3/p+1. The molecule has 0 bridgehead atoms. The van der Waals surface area contributed by atoms with Gasteiger partial charge in [0.1, 0.15) is 11.4 Å². The fraction of sp³-hybridized carbons (Fsp3) is 0.385. The molecule has 0 aromatic heterocycles. The number of halogens is 3. The van der Waals surface area contributed by atoms with Crippen molar-refractivity contribution in [3.05, 3.63) is 35.0 Å². The molecular formula is C13H14F3N2+. The third kappa shape index (κ3) is 1.83. The first kappa shape index (κ1) is 11.7. The van der Waals surface area contributed by atoms with E-state index >= 15 is 0 Å². The van der Waals surface area contributed by atoms with Gasteiger partial charge in [-0.15, -0.1) is 0 Å². The van der Waals surface area contributed by atoms with E-state index in [9.17, 15) is 13.2 Å². The highest BCUT2D eigenvalue weighted by atomic mass is 19.4. The normalized spacial score (nSPS) is 20.0. The van der Waals surface area contributed by atoms with E-state index in [4.69, 9.17) is 0 Å². The van der Waals surface area contributed by atoms with E-state index in [1.54, 1.807) is 6.07 Å². The first-order chi connectivity index (χ1) is 8.45. The van der Waals surface area contributed by atoms with Gasteiger partial charge >= 0.3 is 6.18 Å². The topological polar surface area (TPSA) is 19.9 Å². The first-order valence-electron chi connectivity index (χ1n) is 5.92. The largest absolute Gasteiger partial charge is 0.416 e. The van der Waals surface area contributed by atoms with Crippen LogP contribution in [0, 0.1) is 0 Å². The van der Waals surface area contributed by atoms with Crippen molar-refractivity contribution in [3.8, 4) is 0 Å². The molecule has 0 fully saturated rings. The van der Waals surface area contributed by atoms with Crippen LogP contribution in [0.2, 0.25) is 0 Å². The van der Waals surface area contributed by atoms with Gasteiger partial charge in [0.25, 0.3) is 0 Å². The molecule has 0 atom stereocenters. The Morgan fingerprint density at radius 3 is 2.78 bits per heavy atom. The van der Waals surface area contributed by atoms with Crippen molar-refractivity contribution >= 4 is 11.3 Å². The van der Waals surface area contributed by atoms with Gasteiger partial charge in [-0.1, -0.05) is 0 Å². The second-order valence-corrected chi connectivity index (χ2v) is 4.94. The molecule has 0 amide bonds. The minimum absolute atomic E-state index is 0.559. The molecule has 0 saturated heterocycles. The zero-order chi connectivity index (χ0) is 12.9. The Kier molecular flexibility index (Phi) is 2.50. The lowest BCUT2D eigenvalue weighted by Gasteiger charge is -2.21. The minimum Gasteiger partial charge on any atom is -0.301 e. The monoisotopic (exact) mass is 255 g/mol. The van der Waals surface area contributed by atoms with Gasteiger partial charge in [0.15, 0.2) is 0 Å². The highest BCUT2D eigenvalue weighted by Gasteiger charge is 2.35. The second-order valence-electron chi connectivity index (χ2n) is 4.94. The van der Waals surface area contributed by atoms with Crippen LogP contribution in [0.1, 0.15) is 17.5 Å². The molecule has 0 aliphatic carbocycles. The molecule has 0 radical (unpaired) electrons. The van der Waals surface area contributed by atoms with Crippen LogP contribution in [0.4, 0.5) is 18.9 Å². The zero-order valence-corrected chi connectivity index (χ0v) is 10.0. The summed E-state index contributed by atoms with van der Waals surface area (Å²) in [5.41, 5.74) is 3.37. The summed E-state index contributed by atoms with van der Waals surface area (Å²) in [6.45, 7) is 1.70. The fourth-order valence-electron chi connectivity index (χ4n) is 2.64. The van der Waals surface area contributed by atoms with E-state index in [2.05, 4.69) is 4.90 Å². The Bertz CT molecular complexity index is 532. The summed E-state index contributed by atoms with van der Waals surface area (Å²) in [5.74, 6) is 0. The maximum absolute atomic E-state index is 12.7. The number of alkyl halides is 3. The molecular weight excluding hydrogens is 241 g/mol. The fourth-order valence-corrected chi connectivity index (χ4v) is 2.64. The maximum atomic E-state index is 12.7. The number of hydrogen-bond donors (Lipinski definition) is 1. The van der Waals surface area contributed by atoms with Crippen LogP contribution in [-0.4, -0.2) is 25.0 Å². The summed E-state index contributed by atoms with van der Waals surface area (Å²) in [5, 5.41) is 2.03. The Morgan fingerprint density at radius 1 is 1.28 bits per heavy atom. The summed E-state index contributed by atoms with van der Waals surface area (Å²) in [4.78, 5) is 2.14. The number of rotatable bonds is 0. The van der Waals surface area contributed by atoms with Gasteiger partial charge in [0.05, 0.1) is 5.56 Å². The lowest BCUT2D eigenvalue weighted by Crippen LogP contribution is -2.74. The van der Waals surface area contributed by atoms with Gasteiger partial charge in [-0.3, -0.25) is 5.32 Å². The summed E-state index contributed by atoms with van der Waals surface area (Å²) < 4.78 is 38.2. The first-order valence-corrected chi connectivity index (χ1v) is 5.92. The minimum atomic E-state index is -4.26. The van der Waals surface area contributed by atoms with Gasteiger partial charge < -0.3 is 4.90 Å². The number of quaternary nitrogens is 1. The van der Waals surface area contributed by atoms with E-state index in [0.29, 0.717) is 0 Å². The number of hydrogen-bond acceptors (Lipinski definition) is 1. The van der Waals surface area contributed by atoms with Crippen LogP contribution in [0.25, 0.3) is 5.57 Å². The molecule has 2 nitrogen and oxygen atoms in total. The Morgan fingerprint density at radius 2 is 2.06 bits per heavy atom. The molecule has 2 heterocycles. The van der Waals surface area contributed by atoms with Gasteiger partial charge in [-0.05, 0) is 19.2 Å². The van der Waals surface area contributed by atoms with E-state index in [-0.39, 0.29) is 0 Å². The number of nitrogens with zero attached hydrogens (tertiary/aromatic N) is 1. The highest BCUT2D eigenvalue weighted by molar-refractivity contribution is 5.79. The van der Waals surface area contributed by atoms with E-state index < -0.39 is 11.7 Å². The van der Waals surface area contributed by atoms with E-state index in [1.807, 2.05) is 12.4 Å². The number of fused-ring (bicyclic) bond motifs is 2. The van der Waals surface area contributed by atoms with Crippen LogP contribution in [0.5, 0.6) is 0 Å². The molecule has 2 aliphatic heterocycles. The predicted molar refractivity (Wildman–Crippen MR) is 62.1 cm³/mol. The number of likely N-dealkylation sites (N-methyl/N-ethyl adjacent to an activating group) is 1. The van der Waals surface area contributed by atoms with Crippen LogP contribution < -0.4 is 5.32 Å². The van der Waals surface area contributed by atoms with E-state index in [1.165, 1.54) is 11.8 Å². The molecule has 2 aliphatic rings. The van der Waals surface area contributed by atoms with Crippen molar-refractivity contribution in [3.63, 3.8) is 0 Å². The molecule has 0 spiro atoms. The smallest absolute Gasteiger partial charge is 0.301 e. The quantitative estimate of drug-likeness (QED) is 0.702. The van der Waals surface area contributed by atoms with Crippen LogP contribution in [0.3, 0.4) is 0 Å². The van der Waals surface area contributed by atoms with E-state index in [0.717, 1.165) is 42.4 Å². The summed E-state index contributed by atoms with van der Waals surface area (Å²) >= 11 is 0. The van der Waals surface area contributed by atoms with Crippen LogP contribution >= 0.6 is 0 Å². The average molecular weight is 255 g/mol. The highest BCUT2D eigenvalue weighted by Crippen LogP contribution is 2.37. The Hall–Kier alpha value is -1.33. The molecule has 2 N–H and O–H groups in total. The zero-order valence-electron chi connectivity index (χ0n) is 10.0. The third-order valence-electron chi connectivity index (χ3n) is 3.61. The maximum Gasteiger partial charge on any atom is 0.416 e. The SMILES string of the molecule is CN1CCC2=C(C1)c1cc(C(F)(F)F)ccc1[NH2+]2. The third-order valence-corrected chi connectivity index (χ3v) is 3.61. The van der Waals surface area contributed by atoms with Crippen LogP contribution in [-0.2, 0) is 6.18 Å². The van der Waals surface area contributed by atoms with Crippen molar-refractivity contribution in [2.45, 2.75) is 12.6 Å². The number of benzene rings is 1. The molecule has 3 rings (SSSR count). The molecule has 96 valence electrons. The molecule has 0 unspecified atom stereocenters. The lowest BCUT2D eigenvalue weighted by molar-refractivity contribution is -0.516. The molecule has 18 heavy (non-hydrogen) atoms. The summed E-state index contributed by atoms with van der Waals surface area (Å²) in [7, 11) is 2.00. The molecule has 5 heteroatoms. The molecule has 0 saturated carbocycles. The van der Waals surface area contributed by atoms with Crippen molar-refractivity contribution in [1.29, 1.82) is 0 Å². The van der Waals surface area contributed by atoms with Gasteiger partial charge in [-0.2, -0.15) is 13.2 Å². The summed E-state index contributed by atoms with van der Waals surface area (Å²) in [6.07, 6.45) is -3.35. The van der Waals surface area contributed by atoms with Gasteiger partial charge in [0, 0.05) is 36.7 Å². The van der Waals surface area contributed by atoms with Crippen molar-refractivity contribution in [1.82, 2.24) is 4.90 Å². The Labute approximate surface area is 103 Å². The van der Waals surface area contributed by atoms with Gasteiger partial charge in [0.2, 0.25) is 0 Å². The van der Waals surface area contributed by atoms with Crippen molar-refractivity contribution in [2.75, 3.05) is 20.1 Å². The van der Waals surface area contributed by atoms with Crippen LogP contribution in [0.15, 0.2) is 23.9 Å². The molecule has 1 aromatic rings. The lowest BCUT2D eigenvalue weighted by atomic mass is 9.99. The van der Waals surface area contributed by atoms with Gasteiger partial charge in [-0.25, -0.2) is 0 Å². The van der Waals surface area contributed by atoms with Crippen molar-refractivity contribution in [2.24, 2.45) is 0 Å². The Balaban J connectivity index is 2.05. The summed E-state index contributed by atoms with van der Waals surface area (Å²) in [6, 6.07) is 4.03. The predicted octanol–water partition coefficient (Wildman–Crippen LogP) is 1.96. The number of nitrogens with two attached hydrogens (primary N) is 1. The second kappa shape index (κ2) is 3.83.